The highest BCUT2D eigenvalue weighted by Gasteiger charge is 2.53. The smallest absolute Gasteiger partial charge is 0.416 e. The fraction of sp³-hybridized carbons (Fsp3) is 0.240. The summed E-state index contributed by atoms with van der Waals surface area (Å²) in [4.78, 5) is 62.6. The van der Waals surface area contributed by atoms with E-state index < -0.39 is 71.2 Å². The van der Waals surface area contributed by atoms with Crippen LogP contribution in [0.5, 0.6) is 0 Å². The molecule has 0 saturated carbocycles. The second-order valence-corrected chi connectivity index (χ2v) is 9.55. The first kappa shape index (κ1) is 29.9. The molecule has 0 spiro atoms. The minimum Gasteiger partial charge on any atom is -0.509 e. The van der Waals surface area contributed by atoms with Crippen molar-refractivity contribution in [2.45, 2.75) is 24.0 Å². The summed E-state index contributed by atoms with van der Waals surface area (Å²) in [6.45, 7) is -0.702. The van der Waals surface area contributed by atoms with Crippen LogP contribution in [0.25, 0.3) is 0 Å². The number of likely N-dealkylation sites (tertiary alicyclic amines) is 1. The lowest BCUT2D eigenvalue weighted by atomic mass is 10.0. The van der Waals surface area contributed by atoms with E-state index in [4.69, 9.17) is 4.74 Å². The van der Waals surface area contributed by atoms with Crippen LogP contribution in [0.4, 0.5) is 13.2 Å². The Morgan fingerprint density at radius 3 is 2.44 bits per heavy atom. The molecule has 9 nitrogen and oxygen atoms in total. The number of thioether (sulfide) groups is 1. The fourth-order valence-electron chi connectivity index (χ4n) is 3.62. The standard InChI is InChI=1S/C25H20BrF3N2O7S/c26-11-17(33)21(24(37)38-12-18(34)15-6-2-1-3-7-15)31-22(36)20(23(31)39-13-32)30-19(35)10-14-5-4-8-16(9-14)25(27,28)29/h1-9,13,20,23,33H,10-12H2,(H,30,35)/b21-17+. The van der Waals surface area contributed by atoms with Crippen LogP contribution < -0.4 is 5.32 Å². The van der Waals surface area contributed by atoms with Gasteiger partial charge < -0.3 is 15.2 Å². The summed E-state index contributed by atoms with van der Waals surface area (Å²) in [5, 5.41) is 11.2. The average Bonchev–Trinajstić information content (AvgIpc) is 2.92. The maximum atomic E-state index is 13.0. The molecule has 39 heavy (non-hydrogen) atoms. The van der Waals surface area contributed by atoms with Crippen molar-refractivity contribution in [1.29, 1.82) is 0 Å². The number of Topliss-reactive ketones (excluding diaryl/α,β-unsaturated/α-hetero) is 1. The van der Waals surface area contributed by atoms with Crippen LogP contribution in [0.2, 0.25) is 0 Å². The van der Waals surface area contributed by atoms with Gasteiger partial charge in [-0.1, -0.05) is 76.2 Å². The van der Waals surface area contributed by atoms with Crippen LogP contribution in [-0.4, -0.2) is 62.5 Å². The van der Waals surface area contributed by atoms with Crippen molar-refractivity contribution in [2.75, 3.05) is 11.9 Å². The van der Waals surface area contributed by atoms with Crippen molar-refractivity contribution >= 4 is 56.9 Å². The molecule has 0 bridgehead atoms. The molecule has 2 aromatic carbocycles. The number of β-lactam (4-membered cyclic amide) rings is 1. The summed E-state index contributed by atoms with van der Waals surface area (Å²) in [5.74, 6) is -4.11. The van der Waals surface area contributed by atoms with Gasteiger partial charge in [-0.3, -0.25) is 24.1 Å². The SMILES string of the molecule is O=CSC1C(NC(=O)Cc2cccc(C(F)(F)F)c2)C(=O)N1/C(C(=O)OCC(=O)c1ccccc1)=C(/O)CBr. The number of rotatable bonds is 11. The number of carbonyl (C=O) groups is 5. The minimum absolute atomic E-state index is 0.0368. The van der Waals surface area contributed by atoms with Crippen LogP contribution in [-0.2, 0) is 36.5 Å². The Labute approximate surface area is 232 Å². The van der Waals surface area contributed by atoms with Gasteiger partial charge >= 0.3 is 12.1 Å². The van der Waals surface area contributed by atoms with Gasteiger partial charge in [-0.25, -0.2) is 4.79 Å². The Hall–Kier alpha value is -3.65. The van der Waals surface area contributed by atoms with Crippen LogP contribution in [0.3, 0.4) is 0 Å². The fourth-order valence-corrected chi connectivity index (χ4v) is 4.68. The third-order valence-electron chi connectivity index (χ3n) is 5.44. The normalized spacial score (nSPS) is 17.5. The van der Waals surface area contributed by atoms with E-state index in [9.17, 15) is 42.3 Å². The van der Waals surface area contributed by atoms with Gasteiger partial charge in [0.15, 0.2) is 23.7 Å². The van der Waals surface area contributed by atoms with E-state index in [1.807, 2.05) is 0 Å². The predicted octanol–water partition coefficient (Wildman–Crippen LogP) is 3.42. The predicted molar refractivity (Wildman–Crippen MR) is 137 cm³/mol. The Bertz CT molecular complexity index is 1300. The molecular weight excluding hydrogens is 609 g/mol. The monoisotopic (exact) mass is 628 g/mol. The van der Waals surface area contributed by atoms with Crippen molar-refractivity contribution in [1.82, 2.24) is 10.2 Å². The highest BCUT2D eigenvalue weighted by atomic mass is 79.9. The van der Waals surface area contributed by atoms with Crippen LogP contribution in [0.15, 0.2) is 66.1 Å². The first-order valence-electron chi connectivity index (χ1n) is 11.1. The van der Waals surface area contributed by atoms with E-state index in [1.54, 1.807) is 18.2 Å². The Kier molecular flexibility index (Phi) is 9.92. The van der Waals surface area contributed by atoms with E-state index in [0.717, 1.165) is 23.1 Å². The zero-order valence-electron chi connectivity index (χ0n) is 19.8. The summed E-state index contributed by atoms with van der Waals surface area (Å²) >= 11 is 3.48. The molecule has 1 aliphatic rings. The minimum atomic E-state index is -4.61. The average molecular weight is 629 g/mol. The van der Waals surface area contributed by atoms with Gasteiger partial charge in [0.2, 0.25) is 5.91 Å². The molecule has 1 fully saturated rings. The first-order chi connectivity index (χ1) is 18.5. The lowest BCUT2D eigenvalue weighted by Crippen LogP contribution is -2.69. The van der Waals surface area contributed by atoms with Crippen molar-refractivity contribution in [3.8, 4) is 0 Å². The number of alkyl halides is 4. The molecule has 1 aliphatic heterocycles. The Morgan fingerprint density at radius 2 is 1.82 bits per heavy atom. The zero-order chi connectivity index (χ0) is 28.7. The van der Waals surface area contributed by atoms with Crippen LogP contribution in [0.1, 0.15) is 21.5 Å². The molecule has 1 heterocycles. The summed E-state index contributed by atoms with van der Waals surface area (Å²) in [6.07, 6.45) is -5.10. The number of nitrogens with one attached hydrogen (secondary N) is 1. The lowest BCUT2D eigenvalue weighted by Gasteiger charge is -2.45. The number of allylic oxidation sites excluding steroid dienone is 1. The van der Waals surface area contributed by atoms with E-state index in [0.29, 0.717) is 17.4 Å². The first-order valence-corrected chi connectivity index (χ1v) is 13.2. The van der Waals surface area contributed by atoms with Crippen molar-refractivity contribution in [3.05, 3.63) is 82.7 Å². The third kappa shape index (κ3) is 7.26. The van der Waals surface area contributed by atoms with Gasteiger partial charge in [-0.2, -0.15) is 13.2 Å². The van der Waals surface area contributed by atoms with E-state index in [-0.39, 0.29) is 16.5 Å². The molecular formula is C25H20BrF3N2O7S. The second-order valence-electron chi connectivity index (χ2n) is 8.05. The molecule has 0 aromatic heterocycles. The molecule has 1 saturated heterocycles. The molecule has 2 amide bonds. The largest absolute Gasteiger partial charge is 0.509 e. The molecule has 2 unspecified atom stereocenters. The topological polar surface area (TPSA) is 130 Å². The number of hydrogen-bond donors (Lipinski definition) is 2. The van der Waals surface area contributed by atoms with Gasteiger partial charge in [-0.05, 0) is 11.6 Å². The molecule has 2 aromatic rings. The number of aliphatic hydroxyl groups excluding tert-OH is 1. The second kappa shape index (κ2) is 12.9. The quantitative estimate of drug-likeness (QED) is 0.0736. The number of ketones is 1. The Morgan fingerprint density at radius 1 is 1.13 bits per heavy atom. The molecule has 14 heteroatoms. The number of esters is 1. The van der Waals surface area contributed by atoms with E-state index in [1.165, 1.54) is 18.2 Å². The van der Waals surface area contributed by atoms with Gasteiger partial charge in [0.25, 0.3) is 5.91 Å². The number of aliphatic hydroxyl groups is 1. The van der Waals surface area contributed by atoms with Crippen LogP contribution >= 0.6 is 27.7 Å². The summed E-state index contributed by atoms with van der Waals surface area (Å²) in [6, 6.07) is 10.7. The highest BCUT2D eigenvalue weighted by molar-refractivity contribution is 9.09. The number of benzene rings is 2. The van der Waals surface area contributed by atoms with Crippen molar-refractivity contribution in [3.63, 3.8) is 0 Å². The molecule has 3 rings (SSSR count). The number of carbonyl (C=O) groups excluding carboxylic acids is 5. The number of ether oxygens (including phenoxy) is 1. The maximum absolute atomic E-state index is 13.0. The number of amides is 2. The maximum Gasteiger partial charge on any atom is 0.416 e. The Balaban J connectivity index is 1.73. The van der Waals surface area contributed by atoms with E-state index >= 15 is 0 Å². The number of halogens is 4. The zero-order valence-corrected chi connectivity index (χ0v) is 22.2. The number of nitrogens with zero attached hydrogens (tertiary/aromatic N) is 1. The molecule has 2 N–H and O–H groups in total. The van der Waals surface area contributed by atoms with E-state index in [2.05, 4.69) is 21.2 Å². The third-order valence-corrected chi connectivity index (χ3v) is 6.84. The summed E-state index contributed by atoms with van der Waals surface area (Å²) < 4.78 is 43.9. The summed E-state index contributed by atoms with van der Waals surface area (Å²) in [5.41, 5.74) is -0.936. The molecule has 2 atom stereocenters. The molecule has 0 aliphatic carbocycles. The van der Waals surface area contributed by atoms with Gasteiger partial charge in [0.05, 0.1) is 17.3 Å². The lowest BCUT2D eigenvalue weighted by molar-refractivity contribution is -0.152. The van der Waals surface area contributed by atoms with Gasteiger partial charge in [0, 0.05) is 5.56 Å². The molecule has 0 radical (unpaired) electrons. The van der Waals surface area contributed by atoms with Gasteiger partial charge in [-0.15, -0.1) is 0 Å². The van der Waals surface area contributed by atoms with Gasteiger partial charge in [0.1, 0.15) is 17.2 Å². The number of hydrogen-bond acceptors (Lipinski definition) is 8. The van der Waals surface area contributed by atoms with Crippen LogP contribution in [0, 0.1) is 0 Å². The summed E-state index contributed by atoms with van der Waals surface area (Å²) in [7, 11) is 0. The van der Waals surface area contributed by atoms with Crippen molar-refractivity contribution in [2.24, 2.45) is 0 Å². The molecule has 206 valence electrons. The highest BCUT2D eigenvalue weighted by Crippen LogP contribution is 2.35. The van der Waals surface area contributed by atoms with Crippen molar-refractivity contribution < 1.29 is 47.0 Å².